The molecule has 0 aliphatic heterocycles. The average Bonchev–Trinajstić information content (AvgIpc) is 3.10. The Morgan fingerprint density at radius 2 is 1.50 bits per heavy atom. The number of nitrogens with zero attached hydrogens (tertiary/aromatic N) is 1. The van der Waals surface area contributed by atoms with Gasteiger partial charge in [0.1, 0.15) is 6.10 Å². The number of benzene rings is 3. The van der Waals surface area contributed by atoms with E-state index in [0.29, 0.717) is 24.9 Å². The highest BCUT2D eigenvalue weighted by atomic mass is 16.5. The molecule has 3 aromatic rings. The van der Waals surface area contributed by atoms with E-state index in [-0.39, 0.29) is 50.4 Å². The van der Waals surface area contributed by atoms with Gasteiger partial charge in [-0.2, -0.15) is 0 Å². The lowest BCUT2D eigenvalue weighted by atomic mass is 9.93. The zero-order valence-electron chi connectivity index (χ0n) is 28.0. The number of hydrogen-bond donors (Lipinski definition) is 2. The van der Waals surface area contributed by atoms with Gasteiger partial charge in [-0.1, -0.05) is 103 Å². The van der Waals surface area contributed by atoms with E-state index in [1.54, 1.807) is 11.0 Å². The number of amides is 2. The van der Waals surface area contributed by atoms with Crippen molar-refractivity contribution in [3.8, 4) is 0 Å². The molecule has 0 aliphatic rings. The summed E-state index contributed by atoms with van der Waals surface area (Å²) in [5, 5.41) is 12.7. The van der Waals surface area contributed by atoms with Gasteiger partial charge in [-0.3, -0.25) is 14.4 Å². The Hall–Kier alpha value is -4.53. The maximum Gasteiger partial charge on any atom is 0.309 e. The summed E-state index contributed by atoms with van der Waals surface area (Å²) in [7, 11) is 1.53. The number of aliphatic hydroxyl groups excluding tert-OH is 1. The molecule has 0 spiro atoms. The predicted molar refractivity (Wildman–Crippen MR) is 189 cm³/mol. The molecule has 0 bridgehead atoms. The number of esters is 1. The predicted octanol–water partition coefficient (Wildman–Crippen LogP) is 6.22. The van der Waals surface area contributed by atoms with E-state index in [4.69, 9.17) is 9.47 Å². The smallest absolute Gasteiger partial charge is 0.309 e. The highest BCUT2D eigenvalue weighted by Gasteiger charge is 2.33. The zero-order valence-corrected chi connectivity index (χ0v) is 28.0. The fraction of sp³-hybridized carbons (Fsp3) is 0.375. The highest BCUT2D eigenvalue weighted by molar-refractivity contribution is 5.86. The van der Waals surface area contributed by atoms with Crippen molar-refractivity contribution < 1.29 is 29.0 Å². The maximum atomic E-state index is 13.9. The second-order valence-electron chi connectivity index (χ2n) is 11.9. The van der Waals surface area contributed by atoms with Gasteiger partial charge >= 0.3 is 5.97 Å². The van der Waals surface area contributed by atoms with E-state index in [1.807, 2.05) is 97.1 Å². The summed E-state index contributed by atoms with van der Waals surface area (Å²) in [6.07, 6.45) is 5.52. The molecule has 0 saturated carbocycles. The Bertz CT molecular complexity index is 1400. The molecule has 8 nitrogen and oxygen atoms in total. The molecule has 3 rings (SSSR count). The van der Waals surface area contributed by atoms with Crippen LogP contribution in [0.15, 0.2) is 116 Å². The second-order valence-corrected chi connectivity index (χ2v) is 11.9. The summed E-state index contributed by atoms with van der Waals surface area (Å²) >= 11 is 0. The molecule has 0 aromatic heterocycles. The van der Waals surface area contributed by atoms with E-state index in [2.05, 4.69) is 18.5 Å². The quantitative estimate of drug-likeness (QED) is 0.0758. The monoisotopic (exact) mass is 654 g/mol. The van der Waals surface area contributed by atoms with Crippen LogP contribution in [0.2, 0.25) is 0 Å². The lowest BCUT2D eigenvalue weighted by Gasteiger charge is -2.31. The first kappa shape index (κ1) is 37.9. The van der Waals surface area contributed by atoms with E-state index < -0.39 is 24.0 Å². The molecule has 0 saturated heterocycles. The van der Waals surface area contributed by atoms with Crippen molar-refractivity contribution in [1.82, 2.24) is 10.2 Å². The minimum absolute atomic E-state index is 0.0673. The first-order chi connectivity index (χ1) is 23.4. The molecule has 256 valence electrons. The first-order valence-corrected chi connectivity index (χ1v) is 16.6. The van der Waals surface area contributed by atoms with Gasteiger partial charge in [0, 0.05) is 26.6 Å². The molecule has 4 unspecified atom stereocenters. The third-order valence-corrected chi connectivity index (χ3v) is 8.21. The van der Waals surface area contributed by atoms with Crippen molar-refractivity contribution in [3.63, 3.8) is 0 Å². The fourth-order valence-corrected chi connectivity index (χ4v) is 5.68. The number of unbranched alkanes of at least 4 members (excludes halogenated alkanes) is 1. The van der Waals surface area contributed by atoms with Crippen LogP contribution < -0.4 is 5.32 Å². The number of carbonyl (C=O) groups excluding carboxylic acids is 3. The summed E-state index contributed by atoms with van der Waals surface area (Å²) in [6, 6.07) is 27.9. The topological polar surface area (TPSA) is 105 Å². The summed E-state index contributed by atoms with van der Waals surface area (Å²) < 4.78 is 11.8. The van der Waals surface area contributed by atoms with Gasteiger partial charge in [-0.15, -0.1) is 13.2 Å². The lowest BCUT2D eigenvalue weighted by Crippen LogP contribution is -2.47. The third kappa shape index (κ3) is 12.6. The van der Waals surface area contributed by atoms with Crippen LogP contribution in [0.4, 0.5) is 0 Å². The van der Waals surface area contributed by atoms with Crippen molar-refractivity contribution >= 4 is 17.8 Å². The van der Waals surface area contributed by atoms with E-state index in [1.165, 1.54) is 7.11 Å². The number of rotatable bonds is 22. The number of allylic oxidation sites excluding steroid dienone is 2. The van der Waals surface area contributed by atoms with Crippen LogP contribution in [-0.2, 0) is 36.8 Å². The van der Waals surface area contributed by atoms with Gasteiger partial charge in [0.25, 0.3) is 0 Å². The van der Waals surface area contributed by atoms with E-state index in [9.17, 15) is 19.5 Å². The Morgan fingerprint density at radius 3 is 2.08 bits per heavy atom. The molecule has 4 atom stereocenters. The SMILES string of the molecule is C=CCCCC(Cc1ccccc1)C(=O)OC(c1ccccc1)C(COC)NC(=O)C(CC=C)CC(=O)N(CCO)Cc1ccccc1. The Labute approximate surface area is 285 Å². The van der Waals surface area contributed by atoms with Gasteiger partial charge < -0.3 is 24.8 Å². The van der Waals surface area contributed by atoms with Crippen LogP contribution in [0.3, 0.4) is 0 Å². The molecule has 0 heterocycles. The fourth-order valence-electron chi connectivity index (χ4n) is 5.68. The second kappa shape index (κ2) is 21.4. The van der Waals surface area contributed by atoms with Crippen molar-refractivity contribution in [3.05, 3.63) is 133 Å². The summed E-state index contributed by atoms with van der Waals surface area (Å²) in [6.45, 7) is 7.96. The number of nitrogens with one attached hydrogen (secondary N) is 1. The highest BCUT2D eigenvalue weighted by Crippen LogP contribution is 2.27. The summed E-state index contributed by atoms with van der Waals surface area (Å²) in [4.78, 5) is 42.8. The molecule has 8 heteroatoms. The minimum atomic E-state index is -0.843. The lowest BCUT2D eigenvalue weighted by molar-refractivity contribution is -0.158. The Morgan fingerprint density at radius 1 is 0.875 bits per heavy atom. The number of methoxy groups -OCH3 is 1. The largest absolute Gasteiger partial charge is 0.455 e. The van der Waals surface area contributed by atoms with Crippen molar-refractivity contribution in [1.29, 1.82) is 0 Å². The molecule has 48 heavy (non-hydrogen) atoms. The minimum Gasteiger partial charge on any atom is -0.455 e. The van der Waals surface area contributed by atoms with Crippen LogP contribution in [0.25, 0.3) is 0 Å². The van der Waals surface area contributed by atoms with Crippen LogP contribution in [0, 0.1) is 11.8 Å². The maximum absolute atomic E-state index is 13.9. The molecular weight excluding hydrogens is 604 g/mol. The first-order valence-electron chi connectivity index (χ1n) is 16.6. The Balaban J connectivity index is 1.83. The van der Waals surface area contributed by atoms with Crippen LogP contribution >= 0.6 is 0 Å². The molecule has 0 aliphatic carbocycles. The third-order valence-electron chi connectivity index (χ3n) is 8.21. The van der Waals surface area contributed by atoms with Crippen molar-refractivity contribution in [2.24, 2.45) is 11.8 Å². The van der Waals surface area contributed by atoms with Gasteiger partial charge in [0.15, 0.2) is 0 Å². The normalized spacial score (nSPS) is 13.4. The number of aliphatic hydroxyl groups is 1. The number of ether oxygens (including phenoxy) is 2. The van der Waals surface area contributed by atoms with Gasteiger partial charge in [0.05, 0.1) is 31.1 Å². The molecule has 0 fully saturated rings. The van der Waals surface area contributed by atoms with Crippen LogP contribution in [0.5, 0.6) is 0 Å². The van der Waals surface area contributed by atoms with E-state index in [0.717, 1.165) is 24.0 Å². The average molecular weight is 655 g/mol. The van der Waals surface area contributed by atoms with E-state index >= 15 is 0 Å². The summed E-state index contributed by atoms with van der Waals surface area (Å²) in [5.41, 5.74) is 2.67. The standard InChI is InChI=1S/C40H50N2O6/c1-4-6-10-24-35(27-31-18-11-7-12-19-31)40(46)48-38(33-22-15-9-16-23-33)36(30-47-3)41-39(45)34(17-5-2)28-37(44)42(25-26-43)29-32-20-13-8-14-21-32/h4-5,7-9,11-16,18-23,34-36,38,43H,1-2,6,10,17,24-30H2,3H3,(H,41,45). The molecule has 3 aromatic carbocycles. The molecule has 2 amide bonds. The number of carbonyl (C=O) groups is 3. The van der Waals surface area contributed by atoms with Gasteiger partial charge in [0.2, 0.25) is 11.8 Å². The Kier molecular flexibility index (Phi) is 16.9. The molecular formula is C40H50N2O6. The van der Waals surface area contributed by atoms with Gasteiger partial charge in [-0.25, -0.2) is 0 Å². The molecule has 2 N–H and O–H groups in total. The zero-order chi connectivity index (χ0) is 34.6. The molecule has 0 radical (unpaired) electrons. The summed E-state index contributed by atoms with van der Waals surface area (Å²) in [5.74, 6) is -2.12. The van der Waals surface area contributed by atoms with Crippen LogP contribution in [0.1, 0.15) is 54.9 Å². The van der Waals surface area contributed by atoms with Gasteiger partial charge in [-0.05, 0) is 48.8 Å². The van der Waals surface area contributed by atoms with Crippen molar-refractivity contribution in [2.75, 3.05) is 26.9 Å². The number of hydrogen-bond acceptors (Lipinski definition) is 6. The van der Waals surface area contributed by atoms with Crippen LogP contribution in [-0.4, -0.2) is 60.7 Å². The van der Waals surface area contributed by atoms with Crippen molar-refractivity contribution in [2.45, 2.75) is 57.2 Å².